The van der Waals surface area contributed by atoms with Gasteiger partial charge in [-0.1, -0.05) is 18.2 Å². The van der Waals surface area contributed by atoms with Crippen LogP contribution in [0.3, 0.4) is 0 Å². The molecule has 0 aliphatic rings. The Morgan fingerprint density at radius 2 is 1.92 bits per heavy atom. The number of H-pyrrole nitrogens is 1. The third-order valence-corrected chi connectivity index (χ3v) is 4.37. The van der Waals surface area contributed by atoms with Crippen LogP contribution in [0.4, 0.5) is 0 Å². The van der Waals surface area contributed by atoms with Crippen molar-refractivity contribution >= 4 is 33.7 Å². The normalized spacial score (nSPS) is 12.0. The third-order valence-electron chi connectivity index (χ3n) is 4.37. The minimum absolute atomic E-state index is 0.0751. The van der Waals surface area contributed by atoms with Gasteiger partial charge in [0.1, 0.15) is 11.9 Å². The van der Waals surface area contributed by atoms with E-state index in [2.05, 4.69) is 16.0 Å². The lowest BCUT2D eigenvalue weighted by molar-refractivity contribution is 0.795. The average molecular weight is 329 g/mol. The van der Waals surface area contributed by atoms with Crippen molar-refractivity contribution in [3.8, 4) is 6.07 Å². The van der Waals surface area contributed by atoms with Crippen LogP contribution in [0.2, 0.25) is 0 Å². The summed E-state index contributed by atoms with van der Waals surface area (Å²) in [5.41, 5.74) is 4.59. The number of aryl methyl sites for hydroxylation is 2. The van der Waals surface area contributed by atoms with Gasteiger partial charge in [-0.2, -0.15) is 5.26 Å². The number of benzene rings is 2. The van der Waals surface area contributed by atoms with Crippen LogP contribution in [0.15, 0.2) is 47.3 Å². The van der Waals surface area contributed by atoms with Crippen molar-refractivity contribution in [1.29, 1.82) is 5.26 Å². The number of nitrogens with zero attached hydrogens (tertiary/aromatic N) is 4. The maximum atomic E-state index is 12.0. The van der Waals surface area contributed by atoms with Crippen molar-refractivity contribution in [2.75, 3.05) is 0 Å². The molecular formula is C19H15N5O. The lowest BCUT2D eigenvalue weighted by Crippen LogP contribution is -2.19. The van der Waals surface area contributed by atoms with Gasteiger partial charge in [-0.3, -0.25) is 9.13 Å². The number of aromatic nitrogens is 4. The van der Waals surface area contributed by atoms with Gasteiger partial charge in [0.2, 0.25) is 0 Å². The molecule has 0 bridgehead atoms. The number of nitriles is 1. The van der Waals surface area contributed by atoms with Gasteiger partial charge in [0.05, 0.1) is 27.6 Å². The molecule has 0 unspecified atom stereocenters. The van der Waals surface area contributed by atoms with E-state index in [9.17, 15) is 10.1 Å². The van der Waals surface area contributed by atoms with E-state index < -0.39 is 0 Å². The average Bonchev–Trinajstić information content (AvgIpc) is 3.15. The highest BCUT2D eigenvalue weighted by Gasteiger charge is 2.10. The highest BCUT2D eigenvalue weighted by Crippen LogP contribution is 2.21. The predicted molar refractivity (Wildman–Crippen MR) is 97.7 cm³/mol. The molecule has 4 aromatic rings. The molecule has 0 radical (unpaired) electrons. The van der Waals surface area contributed by atoms with E-state index in [4.69, 9.17) is 0 Å². The molecule has 0 spiro atoms. The van der Waals surface area contributed by atoms with Crippen LogP contribution in [0.1, 0.15) is 11.4 Å². The summed E-state index contributed by atoms with van der Waals surface area (Å²) in [6, 6.07) is 15.5. The topological polar surface area (TPSA) is 79.4 Å². The molecule has 0 saturated carbocycles. The van der Waals surface area contributed by atoms with Crippen LogP contribution in [-0.4, -0.2) is 19.1 Å². The fourth-order valence-electron chi connectivity index (χ4n) is 3.01. The molecule has 0 amide bonds. The van der Waals surface area contributed by atoms with Crippen LogP contribution < -0.4 is 5.69 Å². The van der Waals surface area contributed by atoms with Gasteiger partial charge in [0.15, 0.2) is 0 Å². The second-order valence-corrected chi connectivity index (χ2v) is 5.92. The molecule has 0 fully saturated rings. The van der Waals surface area contributed by atoms with Crippen molar-refractivity contribution in [3.05, 3.63) is 64.3 Å². The number of imidazole rings is 2. The van der Waals surface area contributed by atoms with Crippen LogP contribution in [0, 0.1) is 11.3 Å². The number of fused-ring (bicyclic) bond motifs is 2. The van der Waals surface area contributed by atoms with Gasteiger partial charge < -0.3 is 4.98 Å². The Kier molecular flexibility index (Phi) is 3.29. The Labute approximate surface area is 143 Å². The third kappa shape index (κ3) is 2.34. The second-order valence-electron chi connectivity index (χ2n) is 5.92. The SMILES string of the molecule is Cn1c(=O)n(C)c2cc(/C=C(\C#N)c3nc4ccccc4[nH]3)ccc21. The van der Waals surface area contributed by atoms with Crippen molar-refractivity contribution in [3.63, 3.8) is 0 Å². The molecule has 0 saturated heterocycles. The summed E-state index contributed by atoms with van der Waals surface area (Å²) in [5, 5.41) is 9.54. The van der Waals surface area contributed by atoms with E-state index in [-0.39, 0.29) is 5.69 Å². The van der Waals surface area contributed by atoms with Crippen molar-refractivity contribution in [2.24, 2.45) is 14.1 Å². The van der Waals surface area contributed by atoms with Crippen LogP contribution in [0.5, 0.6) is 0 Å². The van der Waals surface area contributed by atoms with Gasteiger partial charge >= 0.3 is 5.69 Å². The summed E-state index contributed by atoms with van der Waals surface area (Å²) >= 11 is 0. The molecule has 0 atom stereocenters. The molecule has 6 nitrogen and oxygen atoms in total. The lowest BCUT2D eigenvalue weighted by Gasteiger charge is -1.99. The first kappa shape index (κ1) is 15.0. The molecule has 1 N–H and O–H groups in total. The van der Waals surface area contributed by atoms with Crippen LogP contribution >= 0.6 is 0 Å². The first-order chi connectivity index (χ1) is 12.1. The molecular weight excluding hydrogens is 314 g/mol. The molecule has 0 aliphatic heterocycles. The number of rotatable bonds is 2. The highest BCUT2D eigenvalue weighted by molar-refractivity contribution is 5.91. The van der Waals surface area contributed by atoms with Gasteiger partial charge in [-0.15, -0.1) is 0 Å². The fourth-order valence-corrected chi connectivity index (χ4v) is 3.01. The van der Waals surface area contributed by atoms with Crippen molar-refractivity contribution in [1.82, 2.24) is 19.1 Å². The fraction of sp³-hybridized carbons (Fsp3) is 0.105. The zero-order valence-electron chi connectivity index (χ0n) is 13.8. The highest BCUT2D eigenvalue weighted by atomic mass is 16.1. The zero-order valence-corrected chi connectivity index (χ0v) is 13.8. The van der Waals surface area contributed by atoms with E-state index in [1.807, 2.05) is 42.5 Å². The van der Waals surface area contributed by atoms with Crippen LogP contribution in [-0.2, 0) is 14.1 Å². The zero-order chi connectivity index (χ0) is 17.6. The number of hydrogen-bond acceptors (Lipinski definition) is 3. The van der Waals surface area contributed by atoms with Crippen molar-refractivity contribution in [2.45, 2.75) is 0 Å². The molecule has 2 aromatic carbocycles. The van der Waals surface area contributed by atoms with E-state index in [1.54, 1.807) is 29.3 Å². The molecule has 6 heteroatoms. The smallest absolute Gasteiger partial charge is 0.328 e. The quantitative estimate of drug-likeness (QED) is 0.574. The van der Waals surface area contributed by atoms with Gasteiger partial charge in [-0.25, -0.2) is 9.78 Å². The van der Waals surface area contributed by atoms with Crippen molar-refractivity contribution < 1.29 is 0 Å². The first-order valence-electron chi connectivity index (χ1n) is 7.81. The van der Waals surface area contributed by atoms with Gasteiger partial charge in [0.25, 0.3) is 0 Å². The summed E-state index contributed by atoms with van der Waals surface area (Å²) in [6.07, 6.45) is 1.77. The number of aromatic amines is 1. The van der Waals surface area contributed by atoms with Crippen LogP contribution in [0.25, 0.3) is 33.7 Å². The number of allylic oxidation sites excluding steroid dienone is 1. The monoisotopic (exact) mass is 329 g/mol. The largest absolute Gasteiger partial charge is 0.337 e. The maximum Gasteiger partial charge on any atom is 0.328 e. The molecule has 2 aromatic heterocycles. The molecule has 122 valence electrons. The van der Waals surface area contributed by atoms with E-state index >= 15 is 0 Å². The predicted octanol–water partition coefficient (Wildman–Crippen LogP) is 2.82. The summed E-state index contributed by atoms with van der Waals surface area (Å²) in [7, 11) is 3.48. The summed E-state index contributed by atoms with van der Waals surface area (Å²) in [4.78, 5) is 19.7. The van der Waals surface area contributed by atoms with E-state index in [0.717, 1.165) is 27.6 Å². The molecule has 0 aliphatic carbocycles. The lowest BCUT2D eigenvalue weighted by atomic mass is 10.1. The second kappa shape index (κ2) is 5.49. The maximum absolute atomic E-state index is 12.0. The van der Waals surface area contributed by atoms with Gasteiger partial charge in [0, 0.05) is 14.1 Å². The Hall–Kier alpha value is -3.59. The number of hydrogen-bond donors (Lipinski definition) is 1. The molecule has 4 rings (SSSR count). The number of nitrogens with one attached hydrogen (secondary N) is 1. The summed E-state index contributed by atoms with van der Waals surface area (Å²) in [5.74, 6) is 0.533. The Balaban J connectivity index is 1.85. The molecule has 25 heavy (non-hydrogen) atoms. The van der Waals surface area contributed by atoms with Gasteiger partial charge in [-0.05, 0) is 35.9 Å². The van der Waals surface area contributed by atoms with E-state index in [0.29, 0.717) is 11.4 Å². The minimum Gasteiger partial charge on any atom is -0.337 e. The Morgan fingerprint density at radius 3 is 2.68 bits per heavy atom. The summed E-state index contributed by atoms with van der Waals surface area (Å²) < 4.78 is 3.20. The number of para-hydroxylation sites is 2. The standard InChI is InChI=1S/C19H15N5O/c1-23-16-8-7-12(10-17(16)24(2)19(23)25)9-13(11-20)18-21-14-5-3-4-6-15(14)22-18/h3-10H,1-2H3,(H,21,22)/b13-9+. The summed E-state index contributed by atoms with van der Waals surface area (Å²) in [6.45, 7) is 0. The Bertz CT molecular complexity index is 1210. The first-order valence-corrected chi connectivity index (χ1v) is 7.81. The molecule has 2 heterocycles. The minimum atomic E-state index is -0.0751. The Morgan fingerprint density at radius 1 is 1.16 bits per heavy atom. The van der Waals surface area contributed by atoms with E-state index in [1.165, 1.54) is 0 Å².